The molecule has 1 atom stereocenters. The fraction of sp³-hybridized carbons (Fsp3) is 0.424. The largest absolute Gasteiger partial charge is 0.487 e. The van der Waals surface area contributed by atoms with Crippen molar-refractivity contribution in [3.8, 4) is 5.75 Å². The number of rotatable bonds is 11. The SMILES string of the molecule is CCCCOc1c2n(cc(NC(=O)OC(C)(C)C)c1=O)[C@@H](C(c1ccccc1)c1ccccc1)CN(CCOC)C2=O. The van der Waals surface area contributed by atoms with Gasteiger partial charge in [0.05, 0.1) is 19.3 Å². The van der Waals surface area contributed by atoms with E-state index in [4.69, 9.17) is 14.2 Å². The summed E-state index contributed by atoms with van der Waals surface area (Å²) in [6.45, 7) is 8.57. The average Bonchev–Trinajstić information content (AvgIpc) is 2.95. The lowest BCUT2D eigenvalue weighted by atomic mass is 9.83. The third-order valence-electron chi connectivity index (χ3n) is 7.09. The predicted molar refractivity (Wildman–Crippen MR) is 163 cm³/mol. The molecule has 0 unspecified atom stereocenters. The highest BCUT2D eigenvalue weighted by Gasteiger charge is 2.40. The molecule has 1 aliphatic rings. The van der Waals surface area contributed by atoms with Gasteiger partial charge in [0.25, 0.3) is 5.91 Å². The van der Waals surface area contributed by atoms with Gasteiger partial charge in [0.2, 0.25) is 5.43 Å². The lowest BCUT2D eigenvalue weighted by Crippen LogP contribution is -2.47. The molecule has 9 nitrogen and oxygen atoms in total. The summed E-state index contributed by atoms with van der Waals surface area (Å²) < 4.78 is 18.6. The van der Waals surface area contributed by atoms with E-state index in [1.807, 2.05) is 47.9 Å². The number of methoxy groups -OCH3 is 1. The van der Waals surface area contributed by atoms with Crippen LogP contribution in [0.25, 0.3) is 0 Å². The molecule has 2 aromatic carbocycles. The summed E-state index contributed by atoms with van der Waals surface area (Å²) in [4.78, 5) is 42.3. The number of fused-ring (bicyclic) bond motifs is 1. The first-order chi connectivity index (χ1) is 20.1. The van der Waals surface area contributed by atoms with Gasteiger partial charge in [-0.3, -0.25) is 14.9 Å². The summed E-state index contributed by atoms with van der Waals surface area (Å²) >= 11 is 0. The summed E-state index contributed by atoms with van der Waals surface area (Å²) in [6, 6.07) is 19.8. The predicted octanol–water partition coefficient (Wildman–Crippen LogP) is 5.85. The lowest BCUT2D eigenvalue weighted by Gasteiger charge is -2.41. The van der Waals surface area contributed by atoms with E-state index in [2.05, 4.69) is 29.6 Å². The molecule has 0 saturated heterocycles. The Morgan fingerprint density at radius 2 is 1.62 bits per heavy atom. The van der Waals surface area contributed by atoms with Crippen LogP contribution >= 0.6 is 0 Å². The third kappa shape index (κ3) is 7.20. The van der Waals surface area contributed by atoms with Gasteiger partial charge in [-0.1, -0.05) is 74.0 Å². The van der Waals surface area contributed by atoms with Crippen molar-refractivity contribution in [3.63, 3.8) is 0 Å². The van der Waals surface area contributed by atoms with Gasteiger partial charge in [-0.2, -0.15) is 0 Å². The van der Waals surface area contributed by atoms with E-state index in [9.17, 15) is 14.4 Å². The van der Waals surface area contributed by atoms with E-state index in [0.717, 1.165) is 17.5 Å². The van der Waals surface area contributed by atoms with Crippen LogP contribution in [0, 0.1) is 0 Å². The van der Waals surface area contributed by atoms with Crippen molar-refractivity contribution in [2.24, 2.45) is 0 Å². The van der Waals surface area contributed by atoms with E-state index >= 15 is 0 Å². The van der Waals surface area contributed by atoms with Crippen LogP contribution in [0.5, 0.6) is 5.75 Å². The fourth-order valence-electron chi connectivity index (χ4n) is 5.20. The molecule has 0 saturated carbocycles. The minimum absolute atomic E-state index is 0.0116. The van der Waals surface area contributed by atoms with Crippen molar-refractivity contribution in [1.82, 2.24) is 9.47 Å². The monoisotopic (exact) mass is 575 g/mol. The number of carbonyl (C=O) groups excluding carboxylic acids is 2. The quantitative estimate of drug-likeness (QED) is 0.288. The third-order valence-corrected chi connectivity index (χ3v) is 7.09. The Morgan fingerprint density at radius 1 is 1.00 bits per heavy atom. The van der Waals surface area contributed by atoms with Crippen molar-refractivity contribution in [2.75, 3.05) is 38.7 Å². The number of nitrogens with zero attached hydrogens (tertiary/aromatic N) is 2. The molecule has 0 spiro atoms. The molecule has 9 heteroatoms. The summed E-state index contributed by atoms with van der Waals surface area (Å²) in [5.41, 5.74) is 0.919. The Morgan fingerprint density at radius 3 is 2.17 bits per heavy atom. The fourth-order valence-corrected chi connectivity index (χ4v) is 5.20. The zero-order valence-electron chi connectivity index (χ0n) is 25.1. The highest BCUT2D eigenvalue weighted by atomic mass is 16.6. The molecule has 2 amide bonds. The van der Waals surface area contributed by atoms with Gasteiger partial charge in [0.1, 0.15) is 11.3 Å². The van der Waals surface area contributed by atoms with Gasteiger partial charge in [-0.15, -0.1) is 0 Å². The lowest BCUT2D eigenvalue weighted by molar-refractivity contribution is 0.0580. The van der Waals surface area contributed by atoms with Gasteiger partial charge in [0, 0.05) is 32.3 Å². The number of pyridine rings is 1. The van der Waals surface area contributed by atoms with E-state index in [1.54, 1.807) is 39.0 Å². The Hall–Kier alpha value is -4.11. The maximum Gasteiger partial charge on any atom is 0.412 e. The summed E-state index contributed by atoms with van der Waals surface area (Å²) in [5.74, 6) is -0.589. The van der Waals surface area contributed by atoms with Crippen LogP contribution in [-0.2, 0) is 9.47 Å². The molecular formula is C33H41N3O6. The second kappa shape index (κ2) is 13.7. The molecule has 0 bridgehead atoms. The number of amides is 2. The number of ether oxygens (including phenoxy) is 3. The van der Waals surface area contributed by atoms with Crippen molar-refractivity contribution in [2.45, 2.75) is 58.1 Å². The Bertz CT molecular complexity index is 1380. The highest BCUT2D eigenvalue weighted by molar-refractivity contribution is 5.97. The minimum atomic E-state index is -0.763. The second-order valence-corrected chi connectivity index (χ2v) is 11.4. The number of hydrogen-bond acceptors (Lipinski definition) is 6. The molecule has 0 aliphatic carbocycles. The van der Waals surface area contributed by atoms with Crippen LogP contribution in [0.3, 0.4) is 0 Å². The van der Waals surface area contributed by atoms with Gasteiger partial charge in [-0.25, -0.2) is 4.79 Å². The summed E-state index contributed by atoms with van der Waals surface area (Å²) in [5, 5.41) is 2.63. The Balaban J connectivity index is 1.95. The number of carbonyl (C=O) groups is 2. The van der Waals surface area contributed by atoms with E-state index < -0.39 is 17.1 Å². The van der Waals surface area contributed by atoms with Crippen molar-refractivity contribution in [1.29, 1.82) is 0 Å². The molecular weight excluding hydrogens is 534 g/mol. The van der Waals surface area contributed by atoms with Gasteiger partial charge < -0.3 is 23.7 Å². The molecule has 2 heterocycles. The maximum atomic E-state index is 14.0. The topological polar surface area (TPSA) is 99.1 Å². The first kappa shape index (κ1) is 30.8. The average molecular weight is 576 g/mol. The number of nitrogens with one attached hydrogen (secondary N) is 1. The van der Waals surface area contributed by atoms with Crippen molar-refractivity contribution in [3.05, 3.63) is 93.9 Å². The van der Waals surface area contributed by atoms with Crippen molar-refractivity contribution < 1.29 is 23.8 Å². The van der Waals surface area contributed by atoms with Crippen molar-refractivity contribution >= 4 is 17.7 Å². The maximum absolute atomic E-state index is 14.0. The minimum Gasteiger partial charge on any atom is -0.487 e. The molecule has 3 aromatic rings. The van der Waals surface area contributed by atoms with E-state index in [1.165, 1.54) is 0 Å². The molecule has 224 valence electrons. The zero-order chi connectivity index (χ0) is 30.3. The molecule has 1 aliphatic heterocycles. The number of hydrogen-bond donors (Lipinski definition) is 1. The Kier molecular flexibility index (Phi) is 10.1. The van der Waals surface area contributed by atoms with E-state index in [0.29, 0.717) is 26.1 Å². The van der Waals surface area contributed by atoms with Gasteiger partial charge in [-0.05, 0) is 38.3 Å². The number of benzene rings is 2. The van der Waals surface area contributed by atoms with Crippen LogP contribution in [0.1, 0.15) is 74.1 Å². The van der Waals surface area contributed by atoms with Crippen LogP contribution in [0.15, 0.2) is 71.7 Å². The highest BCUT2D eigenvalue weighted by Crippen LogP contribution is 2.40. The standard InChI is InChI=1S/C33H41N3O6/c1-6-7-19-41-30-28-31(38)35(18-20-40-5)22-26(27(23-14-10-8-11-15-23)24-16-12-9-13-17-24)36(28)21-25(29(30)37)34-32(39)42-33(2,3)4/h8-17,21,26-27H,6-7,18-20,22H2,1-5H3,(H,34,39)/t26-/m1/s1. The first-order valence-corrected chi connectivity index (χ1v) is 14.4. The Labute approximate surface area is 247 Å². The van der Waals surface area contributed by atoms with Crippen LogP contribution in [0.2, 0.25) is 0 Å². The molecule has 1 N–H and O–H groups in total. The number of aromatic nitrogens is 1. The molecule has 1 aromatic heterocycles. The first-order valence-electron chi connectivity index (χ1n) is 14.4. The van der Waals surface area contributed by atoms with Crippen LogP contribution in [0.4, 0.5) is 10.5 Å². The van der Waals surface area contributed by atoms with Crippen LogP contribution < -0.4 is 15.5 Å². The zero-order valence-corrected chi connectivity index (χ0v) is 25.1. The number of unbranched alkanes of at least 4 members (excludes halogenated alkanes) is 1. The normalized spacial score (nSPS) is 15.0. The molecule has 4 rings (SSSR count). The molecule has 42 heavy (non-hydrogen) atoms. The number of anilines is 1. The van der Waals surface area contributed by atoms with E-state index in [-0.39, 0.29) is 41.6 Å². The van der Waals surface area contributed by atoms with Gasteiger partial charge >= 0.3 is 6.09 Å². The van der Waals surface area contributed by atoms with Gasteiger partial charge in [0.15, 0.2) is 11.4 Å². The molecule has 0 fully saturated rings. The van der Waals surface area contributed by atoms with Crippen LogP contribution in [-0.4, -0.2) is 60.5 Å². The molecule has 0 radical (unpaired) electrons. The summed E-state index contributed by atoms with van der Waals surface area (Å²) in [7, 11) is 1.59. The smallest absolute Gasteiger partial charge is 0.412 e. The second-order valence-electron chi connectivity index (χ2n) is 11.4. The summed E-state index contributed by atoms with van der Waals surface area (Å²) in [6.07, 6.45) is 2.34.